The summed E-state index contributed by atoms with van der Waals surface area (Å²) in [5.74, 6) is -0.546. The van der Waals surface area contributed by atoms with Crippen LogP contribution in [0.5, 0.6) is 5.75 Å². The second-order valence-electron chi connectivity index (χ2n) is 6.35. The number of amides is 4. The van der Waals surface area contributed by atoms with Crippen molar-refractivity contribution >= 4 is 52.2 Å². The number of hydrogen-bond acceptors (Lipinski definition) is 6. The molecule has 4 amide bonds. The number of benzene rings is 2. The second-order valence-corrected chi connectivity index (χ2v) is 7.34. The molecular formula is C21H19N3O5S. The molecule has 2 aromatic rings. The number of imide groups is 1. The molecule has 0 radical (unpaired) electrons. The van der Waals surface area contributed by atoms with Crippen molar-refractivity contribution in [1.82, 2.24) is 4.90 Å². The van der Waals surface area contributed by atoms with E-state index in [4.69, 9.17) is 4.74 Å². The number of nitrogens with one attached hydrogen (secondary N) is 2. The van der Waals surface area contributed by atoms with Crippen LogP contribution >= 0.6 is 11.8 Å². The Morgan fingerprint density at radius 2 is 1.60 bits per heavy atom. The van der Waals surface area contributed by atoms with Crippen LogP contribution in [0.25, 0.3) is 6.08 Å². The molecule has 1 saturated heterocycles. The van der Waals surface area contributed by atoms with Gasteiger partial charge in [0.1, 0.15) is 12.3 Å². The predicted molar refractivity (Wildman–Crippen MR) is 115 cm³/mol. The van der Waals surface area contributed by atoms with Crippen molar-refractivity contribution in [2.24, 2.45) is 0 Å². The number of ether oxygens (including phenoxy) is 1. The van der Waals surface area contributed by atoms with Crippen LogP contribution in [0.15, 0.2) is 53.4 Å². The monoisotopic (exact) mass is 425 g/mol. The molecule has 3 rings (SSSR count). The maximum absolute atomic E-state index is 12.6. The molecule has 0 bridgehead atoms. The van der Waals surface area contributed by atoms with Gasteiger partial charge in [-0.25, -0.2) is 0 Å². The standard InChI is InChI=1S/C21H19N3O5S/c1-13(25)22-15-5-3-14(4-6-15)11-18-20(27)24(21(28)30-18)12-19(26)23-16-7-9-17(29-2)10-8-16/h3-11H,12H2,1-2H3,(H,22,25)(H,23,26)/b18-11-. The number of anilines is 2. The molecule has 0 aliphatic carbocycles. The van der Waals surface area contributed by atoms with E-state index in [1.807, 2.05) is 0 Å². The average Bonchev–Trinajstić information content (AvgIpc) is 2.97. The first-order chi connectivity index (χ1) is 14.4. The summed E-state index contributed by atoms with van der Waals surface area (Å²) in [4.78, 5) is 49.2. The van der Waals surface area contributed by atoms with Crippen molar-refractivity contribution in [3.8, 4) is 5.75 Å². The first kappa shape index (κ1) is 21.1. The molecule has 1 aliphatic rings. The topological polar surface area (TPSA) is 105 Å². The maximum atomic E-state index is 12.6. The number of nitrogens with zero attached hydrogens (tertiary/aromatic N) is 1. The van der Waals surface area contributed by atoms with Crippen molar-refractivity contribution in [3.05, 3.63) is 59.0 Å². The van der Waals surface area contributed by atoms with Gasteiger partial charge in [-0.3, -0.25) is 24.1 Å². The summed E-state index contributed by atoms with van der Waals surface area (Å²) >= 11 is 0.777. The summed E-state index contributed by atoms with van der Waals surface area (Å²) in [5.41, 5.74) is 1.85. The Morgan fingerprint density at radius 1 is 1.00 bits per heavy atom. The summed E-state index contributed by atoms with van der Waals surface area (Å²) in [6, 6.07) is 13.5. The van der Waals surface area contributed by atoms with Crippen molar-refractivity contribution in [3.63, 3.8) is 0 Å². The van der Waals surface area contributed by atoms with E-state index in [-0.39, 0.29) is 17.4 Å². The van der Waals surface area contributed by atoms with Crippen LogP contribution in [0, 0.1) is 0 Å². The van der Waals surface area contributed by atoms with Gasteiger partial charge in [-0.05, 0) is 59.8 Å². The molecule has 0 atom stereocenters. The molecule has 0 unspecified atom stereocenters. The van der Waals surface area contributed by atoms with E-state index >= 15 is 0 Å². The summed E-state index contributed by atoms with van der Waals surface area (Å²) in [7, 11) is 1.54. The molecule has 1 heterocycles. The molecule has 30 heavy (non-hydrogen) atoms. The van der Waals surface area contributed by atoms with Crippen LogP contribution in [0.2, 0.25) is 0 Å². The zero-order valence-corrected chi connectivity index (χ0v) is 17.1. The molecule has 9 heteroatoms. The second kappa shape index (κ2) is 9.27. The lowest BCUT2D eigenvalue weighted by molar-refractivity contribution is -0.127. The molecule has 1 aliphatic heterocycles. The van der Waals surface area contributed by atoms with Gasteiger partial charge >= 0.3 is 0 Å². The number of hydrogen-bond donors (Lipinski definition) is 2. The van der Waals surface area contributed by atoms with E-state index in [1.54, 1.807) is 61.7 Å². The summed E-state index contributed by atoms with van der Waals surface area (Å²) in [5, 5.41) is 4.79. The van der Waals surface area contributed by atoms with E-state index in [1.165, 1.54) is 6.92 Å². The highest BCUT2D eigenvalue weighted by Crippen LogP contribution is 2.32. The summed E-state index contributed by atoms with van der Waals surface area (Å²) in [6.45, 7) is 1.03. The molecule has 8 nitrogen and oxygen atoms in total. The largest absolute Gasteiger partial charge is 0.497 e. The predicted octanol–water partition coefficient (Wildman–Crippen LogP) is 3.33. The highest BCUT2D eigenvalue weighted by Gasteiger charge is 2.36. The van der Waals surface area contributed by atoms with E-state index in [0.29, 0.717) is 22.7 Å². The van der Waals surface area contributed by atoms with Crippen LogP contribution in [-0.2, 0) is 14.4 Å². The van der Waals surface area contributed by atoms with Crippen LogP contribution in [0.4, 0.5) is 16.2 Å². The van der Waals surface area contributed by atoms with E-state index < -0.39 is 17.1 Å². The fourth-order valence-corrected chi connectivity index (χ4v) is 3.51. The van der Waals surface area contributed by atoms with Crippen molar-refractivity contribution in [2.45, 2.75) is 6.92 Å². The Bertz CT molecular complexity index is 1020. The van der Waals surface area contributed by atoms with E-state index in [9.17, 15) is 19.2 Å². The van der Waals surface area contributed by atoms with Gasteiger partial charge in [0.25, 0.3) is 11.1 Å². The zero-order valence-electron chi connectivity index (χ0n) is 16.3. The summed E-state index contributed by atoms with van der Waals surface area (Å²) < 4.78 is 5.06. The molecule has 0 spiro atoms. The van der Waals surface area contributed by atoms with Gasteiger partial charge in [0.15, 0.2) is 0 Å². The van der Waals surface area contributed by atoms with Gasteiger partial charge in [0, 0.05) is 18.3 Å². The van der Waals surface area contributed by atoms with Gasteiger partial charge in [-0.2, -0.15) is 0 Å². The SMILES string of the molecule is COc1ccc(NC(=O)CN2C(=O)S/C(=C\c3ccc(NC(C)=O)cc3)C2=O)cc1. The van der Waals surface area contributed by atoms with Crippen LogP contribution in [0.3, 0.4) is 0 Å². The van der Waals surface area contributed by atoms with Crippen LogP contribution in [0.1, 0.15) is 12.5 Å². The molecule has 154 valence electrons. The minimum Gasteiger partial charge on any atom is -0.497 e. The molecule has 0 saturated carbocycles. The number of thioether (sulfide) groups is 1. The smallest absolute Gasteiger partial charge is 0.294 e. The lowest BCUT2D eigenvalue weighted by atomic mass is 10.2. The van der Waals surface area contributed by atoms with Crippen molar-refractivity contribution in [2.75, 3.05) is 24.3 Å². The summed E-state index contributed by atoms with van der Waals surface area (Å²) in [6.07, 6.45) is 1.57. The van der Waals surface area contributed by atoms with Gasteiger partial charge in [0.05, 0.1) is 12.0 Å². The number of carbonyl (C=O) groups excluding carboxylic acids is 4. The quantitative estimate of drug-likeness (QED) is 0.688. The average molecular weight is 425 g/mol. The minimum atomic E-state index is -0.527. The van der Waals surface area contributed by atoms with Gasteiger partial charge < -0.3 is 15.4 Å². The Labute approximate surface area is 177 Å². The van der Waals surface area contributed by atoms with Gasteiger partial charge in [0.2, 0.25) is 11.8 Å². The third-order valence-electron chi connectivity index (χ3n) is 4.08. The van der Waals surface area contributed by atoms with Gasteiger partial charge in [-0.1, -0.05) is 12.1 Å². The number of carbonyl (C=O) groups is 4. The highest BCUT2D eigenvalue weighted by atomic mass is 32.2. The molecule has 2 N–H and O–H groups in total. The first-order valence-electron chi connectivity index (χ1n) is 8.92. The fraction of sp³-hybridized carbons (Fsp3) is 0.143. The third kappa shape index (κ3) is 5.26. The van der Waals surface area contributed by atoms with Crippen LogP contribution in [-0.4, -0.2) is 41.5 Å². The van der Waals surface area contributed by atoms with Crippen molar-refractivity contribution in [1.29, 1.82) is 0 Å². The minimum absolute atomic E-state index is 0.184. The zero-order chi connectivity index (χ0) is 21.7. The first-order valence-corrected chi connectivity index (χ1v) is 9.74. The molecule has 2 aromatic carbocycles. The van der Waals surface area contributed by atoms with Gasteiger partial charge in [-0.15, -0.1) is 0 Å². The number of rotatable bonds is 6. The Morgan fingerprint density at radius 3 is 2.20 bits per heavy atom. The normalized spacial score (nSPS) is 14.7. The Balaban J connectivity index is 1.64. The lowest BCUT2D eigenvalue weighted by Crippen LogP contribution is -2.36. The molecular weight excluding hydrogens is 406 g/mol. The third-order valence-corrected chi connectivity index (χ3v) is 4.99. The van der Waals surface area contributed by atoms with Crippen molar-refractivity contribution < 1.29 is 23.9 Å². The lowest BCUT2D eigenvalue weighted by Gasteiger charge is -2.12. The Kier molecular flexibility index (Phi) is 6.53. The van der Waals surface area contributed by atoms with E-state index in [0.717, 1.165) is 16.7 Å². The fourth-order valence-electron chi connectivity index (χ4n) is 2.67. The van der Waals surface area contributed by atoms with Crippen LogP contribution < -0.4 is 15.4 Å². The maximum Gasteiger partial charge on any atom is 0.294 e. The highest BCUT2D eigenvalue weighted by molar-refractivity contribution is 8.18. The number of methoxy groups -OCH3 is 1. The Hall–Kier alpha value is -3.59. The molecule has 1 fully saturated rings. The molecule has 0 aromatic heterocycles. The van der Waals surface area contributed by atoms with E-state index in [2.05, 4.69) is 10.6 Å².